The van der Waals surface area contributed by atoms with Gasteiger partial charge >= 0.3 is 0 Å². The normalized spacial score (nSPS) is 15.1. The number of nitriles is 1. The van der Waals surface area contributed by atoms with Crippen molar-refractivity contribution in [3.05, 3.63) is 125 Å². The van der Waals surface area contributed by atoms with Crippen LogP contribution in [0.3, 0.4) is 0 Å². The van der Waals surface area contributed by atoms with Crippen molar-refractivity contribution in [3.8, 4) is 6.07 Å². The van der Waals surface area contributed by atoms with Gasteiger partial charge in [-0.3, -0.25) is 0 Å². The Labute approximate surface area is 234 Å². The van der Waals surface area contributed by atoms with Crippen molar-refractivity contribution in [3.63, 3.8) is 0 Å². The highest BCUT2D eigenvalue weighted by atomic mass is 32.2. The lowest BCUT2D eigenvalue weighted by Gasteiger charge is -2.39. The fourth-order valence-corrected chi connectivity index (χ4v) is 8.03. The standard InChI is InChI=1S/C31H30N2O2S3/c1-22-9-17-26(18-10-22)37(34)29-8-6-5-7-28(29)30(36-4)31(3,25-15-13-24(21-32)14-16-25)33-38(35)27-19-11-23(2)12-20-27/h5-20,30,33H,1-4H3/t30-,31-,37-,38+/m0/s1. The molecule has 0 aromatic heterocycles. The molecule has 0 bridgehead atoms. The van der Waals surface area contributed by atoms with Gasteiger partial charge in [0.25, 0.3) is 0 Å². The van der Waals surface area contributed by atoms with Crippen LogP contribution in [0.1, 0.15) is 40.0 Å². The smallest absolute Gasteiger partial charge is 0.125 e. The van der Waals surface area contributed by atoms with Crippen molar-refractivity contribution in [1.29, 1.82) is 5.26 Å². The topological polar surface area (TPSA) is 70.0 Å². The van der Waals surface area contributed by atoms with E-state index in [1.165, 1.54) is 0 Å². The predicted octanol–water partition coefficient (Wildman–Crippen LogP) is 6.97. The molecule has 4 aromatic rings. The molecule has 4 atom stereocenters. The van der Waals surface area contributed by atoms with Crippen LogP contribution in [0.4, 0.5) is 0 Å². The van der Waals surface area contributed by atoms with E-state index >= 15 is 0 Å². The van der Waals surface area contributed by atoms with E-state index in [4.69, 9.17) is 0 Å². The Hall–Kier alpha value is -3.02. The predicted molar refractivity (Wildman–Crippen MR) is 158 cm³/mol. The monoisotopic (exact) mass is 558 g/mol. The van der Waals surface area contributed by atoms with Crippen molar-refractivity contribution < 1.29 is 8.42 Å². The van der Waals surface area contributed by atoms with E-state index in [0.29, 0.717) is 10.5 Å². The molecule has 4 aromatic carbocycles. The van der Waals surface area contributed by atoms with Gasteiger partial charge in [0.05, 0.1) is 38.1 Å². The SMILES string of the molecule is CS[C@@H](c1ccccc1[S@@](=O)c1ccc(C)cc1)[C@@](C)(N[S@](=O)c1ccc(C)cc1)c1ccc(C#N)cc1. The van der Waals surface area contributed by atoms with Crippen LogP contribution in [0.5, 0.6) is 0 Å². The van der Waals surface area contributed by atoms with Crippen LogP contribution in [0, 0.1) is 25.2 Å². The lowest BCUT2D eigenvalue weighted by atomic mass is 9.85. The van der Waals surface area contributed by atoms with E-state index in [-0.39, 0.29) is 5.25 Å². The summed E-state index contributed by atoms with van der Waals surface area (Å²) in [6.45, 7) is 6.02. The Morgan fingerprint density at radius 1 is 0.816 bits per heavy atom. The summed E-state index contributed by atoms with van der Waals surface area (Å²) in [6, 6.07) is 32.7. The van der Waals surface area contributed by atoms with Crippen LogP contribution in [0.25, 0.3) is 0 Å². The zero-order valence-electron chi connectivity index (χ0n) is 21.8. The summed E-state index contributed by atoms with van der Waals surface area (Å²) in [7, 11) is -2.92. The lowest BCUT2D eigenvalue weighted by molar-refractivity contribution is 0.431. The molecule has 0 amide bonds. The van der Waals surface area contributed by atoms with Gasteiger partial charge in [-0.15, -0.1) is 0 Å². The Kier molecular flexibility index (Phi) is 9.01. The highest BCUT2D eigenvalue weighted by Gasteiger charge is 2.40. The minimum atomic E-state index is -1.52. The molecule has 0 spiro atoms. The van der Waals surface area contributed by atoms with Gasteiger partial charge in [0.15, 0.2) is 0 Å². The quantitative estimate of drug-likeness (QED) is 0.241. The maximum absolute atomic E-state index is 13.8. The van der Waals surface area contributed by atoms with Gasteiger partial charge in [0.2, 0.25) is 0 Å². The molecule has 0 saturated heterocycles. The third-order valence-corrected chi connectivity index (χ3v) is 10.5. The Balaban J connectivity index is 1.83. The van der Waals surface area contributed by atoms with E-state index in [1.807, 2.05) is 112 Å². The highest BCUT2D eigenvalue weighted by Crippen LogP contribution is 2.46. The molecule has 0 aliphatic rings. The number of aryl methyl sites for hydroxylation is 2. The van der Waals surface area contributed by atoms with E-state index in [2.05, 4.69) is 10.8 Å². The zero-order chi connectivity index (χ0) is 27.3. The van der Waals surface area contributed by atoms with Crippen molar-refractivity contribution >= 4 is 33.5 Å². The van der Waals surface area contributed by atoms with Gasteiger partial charge in [-0.1, -0.05) is 65.7 Å². The number of hydrogen-bond acceptors (Lipinski definition) is 4. The number of rotatable bonds is 9. The highest BCUT2D eigenvalue weighted by molar-refractivity contribution is 7.99. The van der Waals surface area contributed by atoms with Crippen LogP contribution < -0.4 is 4.72 Å². The van der Waals surface area contributed by atoms with Crippen molar-refractivity contribution in [2.75, 3.05) is 6.26 Å². The number of hydrogen-bond donors (Lipinski definition) is 1. The number of thioether (sulfide) groups is 1. The van der Waals surface area contributed by atoms with Crippen molar-refractivity contribution in [1.82, 2.24) is 4.72 Å². The second-order valence-electron chi connectivity index (χ2n) is 9.31. The summed E-state index contributed by atoms with van der Waals surface area (Å²) in [6.07, 6.45) is 2.01. The molecular weight excluding hydrogens is 529 g/mol. The molecular formula is C31H30N2O2S3. The molecule has 0 unspecified atom stereocenters. The molecule has 0 heterocycles. The van der Waals surface area contributed by atoms with E-state index in [9.17, 15) is 13.7 Å². The van der Waals surface area contributed by atoms with Gasteiger partial charge < -0.3 is 0 Å². The molecule has 0 aliphatic heterocycles. The molecule has 0 saturated carbocycles. The molecule has 38 heavy (non-hydrogen) atoms. The lowest BCUT2D eigenvalue weighted by Crippen LogP contribution is -2.45. The summed E-state index contributed by atoms with van der Waals surface area (Å²) in [5, 5.41) is 9.10. The Morgan fingerprint density at radius 3 is 1.92 bits per heavy atom. The molecule has 7 heteroatoms. The maximum atomic E-state index is 13.8. The van der Waals surface area contributed by atoms with E-state index < -0.39 is 27.3 Å². The fraction of sp³-hybridized carbons (Fsp3) is 0.194. The first-order valence-electron chi connectivity index (χ1n) is 12.1. The summed E-state index contributed by atoms with van der Waals surface area (Å²) < 4.78 is 30.9. The average molecular weight is 559 g/mol. The van der Waals surface area contributed by atoms with Crippen LogP contribution >= 0.6 is 11.8 Å². The van der Waals surface area contributed by atoms with E-state index in [1.54, 1.807) is 23.9 Å². The molecule has 0 aliphatic carbocycles. The Bertz CT molecular complexity index is 1490. The average Bonchev–Trinajstić information content (AvgIpc) is 2.94. The third kappa shape index (κ3) is 6.00. The molecule has 4 rings (SSSR count). The largest absolute Gasteiger partial charge is 0.249 e. The fourth-order valence-electron chi connectivity index (χ4n) is 4.40. The Morgan fingerprint density at radius 2 is 1.37 bits per heavy atom. The van der Waals surface area contributed by atoms with Gasteiger partial charge in [0.1, 0.15) is 11.0 Å². The summed E-state index contributed by atoms with van der Waals surface area (Å²) in [5.74, 6) is 0. The van der Waals surface area contributed by atoms with Gasteiger partial charge in [0, 0.05) is 9.79 Å². The first-order chi connectivity index (χ1) is 18.3. The molecule has 0 radical (unpaired) electrons. The summed E-state index contributed by atoms with van der Waals surface area (Å²) >= 11 is 1.61. The van der Waals surface area contributed by atoms with Crippen molar-refractivity contribution in [2.24, 2.45) is 0 Å². The van der Waals surface area contributed by atoms with Gasteiger partial charge in [-0.05, 0) is 80.6 Å². The van der Waals surface area contributed by atoms with Crippen LogP contribution in [0.2, 0.25) is 0 Å². The summed E-state index contributed by atoms with van der Waals surface area (Å²) in [5.41, 5.74) is 3.70. The number of nitrogens with zero attached hydrogens (tertiary/aromatic N) is 1. The molecule has 1 N–H and O–H groups in total. The second-order valence-corrected chi connectivity index (χ2v) is 12.9. The van der Waals surface area contributed by atoms with Gasteiger partial charge in [-0.25, -0.2) is 13.1 Å². The minimum absolute atomic E-state index is 0.254. The van der Waals surface area contributed by atoms with Crippen LogP contribution in [-0.2, 0) is 27.3 Å². The van der Waals surface area contributed by atoms with Crippen molar-refractivity contribution in [2.45, 2.75) is 46.2 Å². The molecule has 4 nitrogen and oxygen atoms in total. The van der Waals surface area contributed by atoms with Crippen LogP contribution in [0.15, 0.2) is 112 Å². The third-order valence-electron chi connectivity index (χ3n) is 6.55. The molecule has 0 fully saturated rings. The number of nitrogens with one attached hydrogen (secondary N) is 1. The first-order valence-corrected chi connectivity index (χ1v) is 15.7. The maximum Gasteiger partial charge on any atom is 0.125 e. The van der Waals surface area contributed by atoms with E-state index in [0.717, 1.165) is 32.0 Å². The van der Waals surface area contributed by atoms with Crippen LogP contribution in [-0.4, -0.2) is 14.7 Å². The second kappa shape index (κ2) is 12.2. The molecule has 194 valence electrons. The number of benzene rings is 4. The minimum Gasteiger partial charge on any atom is -0.249 e. The first kappa shape index (κ1) is 28.0. The summed E-state index contributed by atoms with van der Waals surface area (Å²) in [4.78, 5) is 2.13. The van der Waals surface area contributed by atoms with Gasteiger partial charge in [-0.2, -0.15) is 17.0 Å². The zero-order valence-corrected chi connectivity index (χ0v) is 24.3.